The Hall–Kier alpha value is -1.84. The smallest absolute Gasteiger partial charge is 0.331 e. The lowest BCUT2D eigenvalue weighted by molar-refractivity contribution is -0.145. The van der Waals surface area contributed by atoms with Crippen molar-refractivity contribution in [3.05, 3.63) is 36.5 Å². The number of hydrogen-bond acceptors (Lipinski definition) is 2. The number of carboxylic acids is 2. The topological polar surface area (TPSA) is 74.6 Å². The minimum atomic E-state index is -1.08. The van der Waals surface area contributed by atoms with Gasteiger partial charge >= 0.3 is 11.9 Å². The molecule has 1 atom stereocenters. The molecule has 4 nitrogen and oxygen atoms in total. The summed E-state index contributed by atoms with van der Waals surface area (Å²) in [5, 5.41) is 17.5. The van der Waals surface area contributed by atoms with Crippen LogP contribution >= 0.6 is 0 Å². The van der Waals surface area contributed by atoms with E-state index in [1.807, 2.05) is 6.08 Å². The molecule has 4 heteroatoms. The first kappa shape index (κ1) is 19.2. The standard InChI is InChI=1S/C9H10O4.C8H16/c1-9(8(12)13)4-2-3-6(5-9)7(10)11;1-3-5-7-8-6-4-2/h2-4H,5H2,1H3,(H,10,11)(H,12,13);3H,1,4-8H2,2H3. The number of carbonyl (C=O) groups is 2. The summed E-state index contributed by atoms with van der Waals surface area (Å²) in [6.45, 7) is 7.39. The fourth-order valence-corrected chi connectivity index (χ4v) is 1.90. The third-order valence-electron chi connectivity index (χ3n) is 3.34. The van der Waals surface area contributed by atoms with Crippen LogP contribution in [-0.2, 0) is 9.59 Å². The maximum Gasteiger partial charge on any atom is 0.331 e. The largest absolute Gasteiger partial charge is 0.481 e. The van der Waals surface area contributed by atoms with E-state index in [2.05, 4.69) is 13.5 Å². The molecule has 21 heavy (non-hydrogen) atoms. The maximum absolute atomic E-state index is 10.8. The van der Waals surface area contributed by atoms with Crippen molar-refractivity contribution in [1.82, 2.24) is 0 Å². The molecule has 0 saturated carbocycles. The van der Waals surface area contributed by atoms with E-state index in [4.69, 9.17) is 10.2 Å². The molecule has 0 radical (unpaired) electrons. The van der Waals surface area contributed by atoms with E-state index >= 15 is 0 Å². The normalized spacial score (nSPS) is 20.0. The van der Waals surface area contributed by atoms with Crippen LogP contribution in [0.15, 0.2) is 36.5 Å². The Balaban J connectivity index is 0.000000433. The number of aliphatic carboxylic acids is 2. The Bertz CT molecular complexity index is 421. The molecule has 1 aliphatic rings. The van der Waals surface area contributed by atoms with Gasteiger partial charge in [0.2, 0.25) is 0 Å². The monoisotopic (exact) mass is 294 g/mol. The van der Waals surface area contributed by atoms with Gasteiger partial charge in [-0.15, -0.1) is 6.58 Å². The zero-order valence-corrected chi connectivity index (χ0v) is 13.0. The summed E-state index contributed by atoms with van der Waals surface area (Å²) in [6.07, 6.45) is 13.0. The van der Waals surface area contributed by atoms with Crippen LogP contribution in [0.5, 0.6) is 0 Å². The third kappa shape index (κ3) is 7.49. The Morgan fingerprint density at radius 2 is 2.00 bits per heavy atom. The van der Waals surface area contributed by atoms with Crippen molar-refractivity contribution < 1.29 is 19.8 Å². The molecule has 0 spiro atoms. The van der Waals surface area contributed by atoms with Crippen molar-refractivity contribution in [1.29, 1.82) is 0 Å². The molecule has 0 aromatic rings. The molecule has 118 valence electrons. The maximum atomic E-state index is 10.8. The van der Waals surface area contributed by atoms with Gasteiger partial charge in [0.05, 0.1) is 5.41 Å². The Kier molecular flexibility index (Phi) is 9.10. The van der Waals surface area contributed by atoms with Gasteiger partial charge in [0.1, 0.15) is 0 Å². The Labute approximate surface area is 126 Å². The molecule has 0 saturated heterocycles. The van der Waals surface area contributed by atoms with Crippen LogP contribution in [0.2, 0.25) is 0 Å². The zero-order valence-electron chi connectivity index (χ0n) is 13.0. The minimum Gasteiger partial charge on any atom is -0.481 e. The molecule has 0 aromatic carbocycles. The SMILES string of the molecule is C=CCCCCCC.CC1(C(=O)O)C=CC=C(C(=O)O)C1. The van der Waals surface area contributed by atoms with Gasteiger partial charge < -0.3 is 10.2 Å². The molecule has 0 fully saturated rings. The first-order valence-corrected chi connectivity index (χ1v) is 7.33. The lowest BCUT2D eigenvalue weighted by atomic mass is 9.80. The van der Waals surface area contributed by atoms with Gasteiger partial charge in [-0.2, -0.15) is 0 Å². The molecule has 2 N–H and O–H groups in total. The second kappa shape index (κ2) is 9.97. The van der Waals surface area contributed by atoms with Crippen molar-refractivity contribution >= 4 is 11.9 Å². The summed E-state index contributed by atoms with van der Waals surface area (Å²) in [7, 11) is 0. The highest BCUT2D eigenvalue weighted by Gasteiger charge is 2.34. The van der Waals surface area contributed by atoms with Gasteiger partial charge in [-0.05, 0) is 26.2 Å². The Morgan fingerprint density at radius 1 is 1.33 bits per heavy atom. The van der Waals surface area contributed by atoms with Crippen LogP contribution in [0.3, 0.4) is 0 Å². The molecule has 0 aromatic heterocycles. The first-order chi connectivity index (χ1) is 9.87. The van der Waals surface area contributed by atoms with E-state index in [1.54, 1.807) is 0 Å². The molecule has 1 unspecified atom stereocenters. The lowest BCUT2D eigenvalue weighted by Crippen LogP contribution is -2.28. The van der Waals surface area contributed by atoms with Gasteiger partial charge in [-0.3, -0.25) is 4.79 Å². The number of carboxylic acid groups (broad SMARTS) is 2. The zero-order chi connectivity index (χ0) is 16.3. The highest BCUT2D eigenvalue weighted by atomic mass is 16.4. The molecule has 0 amide bonds. The van der Waals surface area contributed by atoms with Crippen LogP contribution in [0.4, 0.5) is 0 Å². The van der Waals surface area contributed by atoms with Gasteiger partial charge in [0, 0.05) is 5.57 Å². The summed E-state index contributed by atoms with van der Waals surface area (Å²) in [5.41, 5.74) is -0.949. The van der Waals surface area contributed by atoms with Crippen molar-refractivity contribution in [3.8, 4) is 0 Å². The summed E-state index contributed by atoms with van der Waals surface area (Å²) in [4.78, 5) is 21.3. The van der Waals surface area contributed by atoms with E-state index in [9.17, 15) is 9.59 Å². The molecule has 1 aliphatic carbocycles. The van der Waals surface area contributed by atoms with Gasteiger partial charge in [0.15, 0.2) is 0 Å². The van der Waals surface area contributed by atoms with Crippen LogP contribution in [-0.4, -0.2) is 22.2 Å². The van der Waals surface area contributed by atoms with E-state index < -0.39 is 17.4 Å². The van der Waals surface area contributed by atoms with Crippen molar-refractivity contribution in [3.63, 3.8) is 0 Å². The first-order valence-electron chi connectivity index (χ1n) is 7.33. The molecule has 0 aliphatic heterocycles. The second-order valence-electron chi connectivity index (χ2n) is 5.39. The van der Waals surface area contributed by atoms with E-state index in [1.165, 1.54) is 57.3 Å². The fourth-order valence-electron chi connectivity index (χ4n) is 1.90. The van der Waals surface area contributed by atoms with Crippen LogP contribution in [0.25, 0.3) is 0 Å². The predicted molar refractivity (Wildman–Crippen MR) is 84.2 cm³/mol. The van der Waals surface area contributed by atoms with Crippen LogP contribution in [0, 0.1) is 5.41 Å². The third-order valence-corrected chi connectivity index (χ3v) is 3.34. The number of rotatable bonds is 7. The minimum absolute atomic E-state index is 0.0359. The van der Waals surface area contributed by atoms with Crippen molar-refractivity contribution in [2.75, 3.05) is 0 Å². The average molecular weight is 294 g/mol. The van der Waals surface area contributed by atoms with E-state index in [0.717, 1.165) is 0 Å². The number of allylic oxidation sites excluding steroid dienone is 3. The number of unbranched alkanes of at least 4 members (excludes halogenated alkanes) is 4. The molecule has 0 heterocycles. The van der Waals surface area contributed by atoms with Crippen molar-refractivity contribution in [2.45, 2.75) is 52.4 Å². The highest BCUT2D eigenvalue weighted by Crippen LogP contribution is 2.31. The molecule has 0 bridgehead atoms. The van der Waals surface area contributed by atoms with Crippen LogP contribution < -0.4 is 0 Å². The Morgan fingerprint density at radius 3 is 2.48 bits per heavy atom. The van der Waals surface area contributed by atoms with Crippen LogP contribution in [0.1, 0.15) is 52.4 Å². The predicted octanol–water partition coefficient (Wildman–Crippen LogP) is 4.19. The van der Waals surface area contributed by atoms with Crippen molar-refractivity contribution in [2.24, 2.45) is 5.41 Å². The van der Waals surface area contributed by atoms with E-state index in [-0.39, 0.29) is 12.0 Å². The van der Waals surface area contributed by atoms with Gasteiger partial charge in [-0.1, -0.05) is 50.5 Å². The summed E-state index contributed by atoms with van der Waals surface area (Å²) in [5.74, 6) is -2.06. The average Bonchev–Trinajstić information content (AvgIpc) is 2.44. The summed E-state index contributed by atoms with van der Waals surface area (Å²) < 4.78 is 0. The van der Waals surface area contributed by atoms with Gasteiger partial charge in [0.25, 0.3) is 0 Å². The fraction of sp³-hybridized carbons (Fsp3) is 0.529. The molecular formula is C17H26O4. The second-order valence-corrected chi connectivity index (χ2v) is 5.39. The van der Waals surface area contributed by atoms with Gasteiger partial charge in [-0.25, -0.2) is 4.79 Å². The molecule has 1 rings (SSSR count). The van der Waals surface area contributed by atoms with E-state index in [0.29, 0.717) is 0 Å². The highest BCUT2D eigenvalue weighted by molar-refractivity contribution is 5.90. The number of hydrogen-bond donors (Lipinski definition) is 2. The lowest BCUT2D eigenvalue weighted by Gasteiger charge is -2.23. The summed E-state index contributed by atoms with van der Waals surface area (Å²) in [6, 6.07) is 0. The molecular weight excluding hydrogens is 268 g/mol. The summed E-state index contributed by atoms with van der Waals surface area (Å²) >= 11 is 0. The quantitative estimate of drug-likeness (QED) is 0.545.